The van der Waals surface area contributed by atoms with Crippen LogP contribution in [0.3, 0.4) is 0 Å². The van der Waals surface area contributed by atoms with Crippen molar-refractivity contribution in [1.29, 1.82) is 0 Å². The molecule has 0 spiro atoms. The minimum atomic E-state index is -1.01. The van der Waals surface area contributed by atoms with Crippen LogP contribution in [0.25, 0.3) is 0 Å². The normalized spacial score (nSPS) is 10.3. The van der Waals surface area contributed by atoms with E-state index in [0.717, 1.165) is 11.3 Å². The number of aryl methyl sites for hydroxylation is 1. The third-order valence-corrected chi connectivity index (χ3v) is 3.65. The lowest BCUT2D eigenvalue weighted by Crippen LogP contribution is -2.07. The number of rotatable bonds is 6. The standard InChI is InChI=1S/C18H20O5/c1-11-9-15(12(2)17(22-4)16(11)18(19)20)23-10-13-5-7-14(21-3)8-6-13/h5-9H,10H2,1-4H3,(H,19,20). The molecule has 0 aliphatic heterocycles. The van der Waals surface area contributed by atoms with Crippen LogP contribution in [-0.2, 0) is 6.61 Å². The summed E-state index contributed by atoms with van der Waals surface area (Å²) in [6.07, 6.45) is 0. The molecule has 0 heterocycles. The number of hydrogen-bond donors (Lipinski definition) is 1. The summed E-state index contributed by atoms with van der Waals surface area (Å²) < 4.78 is 16.2. The topological polar surface area (TPSA) is 65.0 Å². The van der Waals surface area contributed by atoms with Gasteiger partial charge in [-0.2, -0.15) is 0 Å². The Morgan fingerprint density at radius 1 is 1.09 bits per heavy atom. The van der Waals surface area contributed by atoms with Crippen LogP contribution in [0, 0.1) is 13.8 Å². The van der Waals surface area contributed by atoms with Gasteiger partial charge in [-0.1, -0.05) is 12.1 Å². The number of carbonyl (C=O) groups is 1. The highest BCUT2D eigenvalue weighted by atomic mass is 16.5. The van der Waals surface area contributed by atoms with E-state index in [4.69, 9.17) is 14.2 Å². The summed E-state index contributed by atoms with van der Waals surface area (Å²) in [7, 11) is 3.08. The molecule has 23 heavy (non-hydrogen) atoms. The second-order valence-corrected chi connectivity index (χ2v) is 5.17. The zero-order valence-electron chi connectivity index (χ0n) is 13.7. The minimum Gasteiger partial charge on any atom is -0.497 e. The Kier molecular flexibility index (Phi) is 5.11. The van der Waals surface area contributed by atoms with Crippen LogP contribution in [0.5, 0.6) is 17.2 Å². The first-order chi connectivity index (χ1) is 11.0. The van der Waals surface area contributed by atoms with E-state index in [1.165, 1.54) is 7.11 Å². The van der Waals surface area contributed by atoms with E-state index < -0.39 is 5.97 Å². The molecule has 0 saturated carbocycles. The number of methoxy groups -OCH3 is 2. The Morgan fingerprint density at radius 3 is 2.26 bits per heavy atom. The lowest BCUT2D eigenvalue weighted by atomic mass is 10.0. The maximum absolute atomic E-state index is 11.4. The summed E-state index contributed by atoms with van der Waals surface area (Å²) in [5.41, 5.74) is 2.43. The summed E-state index contributed by atoms with van der Waals surface area (Å²) in [6, 6.07) is 9.30. The third-order valence-electron chi connectivity index (χ3n) is 3.65. The molecule has 0 atom stereocenters. The summed E-state index contributed by atoms with van der Waals surface area (Å²) in [5.74, 6) is 0.722. The maximum Gasteiger partial charge on any atom is 0.339 e. The average molecular weight is 316 g/mol. The summed E-state index contributed by atoms with van der Waals surface area (Å²) in [5, 5.41) is 9.32. The van der Waals surface area contributed by atoms with Crippen molar-refractivity contribution >= 4 is 5.97 Å². The summed E-state index contributed by atoms with van der Waals surface area (Å²) >= 11 is 0. The lowest BCUT2D eigenvalue weighted by Gasteiger charge is -2.16. The molecule has 0 amide bonds. The molecule has 0 fully saturated rings. The van der Waals surface area contributed by atoms with E-state index in [1.807, 2.05) is 24.3 Å². The Morgan fingerprint density at radius 2 is 1.74 bits per heavy atom. The van der Waals surface area contributed by atoms with Crippen LogP contribution in [0.1, 0.15) is 27.0 Å². The van der Waals surface area contributed by atoms with Gasteiger partial charge in [0.15, 0.2) is 0 Å². The highest BCUT2D eigenvalue weighted by Gasteiger charge is 2.20. The van der Waals surface area contributed by atoms with Gasteiger partial charge in [-0.3, -0.25) is 0 Å². The van der Waals surface area contributed by atoms with Gasteiger partial charge < -0.3 is 19.3 Å². The first-order valence-corrected chi connectivity index (χ1v) is 7.15. The van der Waals surface area contributed by atoms with Crippen molar-refractivity contribution in [1.82, 2.24) is 0 Å². The van der Waals surface area contributed by atoms with Gasteiger partial charge in [0, 0.05) is 5.56 Å². The quantitative estimate of drug-likeness (QED) is 0.882. The minimum absolute atomic E-state index is 0.168. The molecule has 2 aromatic rings. The second-order valence-electron chi connectivity index (χ2n) is 5.17. The summed E-state index contributed by atoms with van der Waals surface area (Å²) in [6.45, 7) is 3.89. The third kappa shape index (κ3) is 3.56. The molecule has 0 aliphatic carbocycles. The Balaban J connectivity index is 2.26. The second kappa shape index (κ2) is 7.05. The molecule has 0 radical (unpaired) electrons. The lowest BCUT2D eigenvalue weighted by molar-refractivity contribution is 0.0692. The molecule has 2 rings (SSSR count). The SMILES string of the molecule is COc1ccc(COc2cc(C)c(C(=O)O)c(OC)c2C)cc1. The monoisotopic (exact) mass is 316 g/mol. The van der Waals surface area contributed by atoms with Gasteiger partial charge in [0.05, 0.1) is 14.2 Å². The van der Waals surface area contributed by atoms with E-state index >= 15 is 0 Å². The first-order valence-electron chi connectivity index (χ1n) is 7.15. The van der Waals surface area contributed by atoms with Crippen LogP contribution in [0.2, 0.25) is 0 Å². The zero-order valence-corrected chi connectivity index (χ0v) is 13.7. The van der Waals surface area contributed by atoms with Crippen LogP contribution in [0.15, 0.2) is 30.3 Å². The molecule has 0 saturated heterocycles. The van der Waals surface area contributed by atoms with E-state index in [-0.39, 0.29) is 5.56 Å². The van der Waals surface area contributed by atoms with Crippen molar-refractivity contribution in [3.05, 3.63) is 52.6 Å². The highest BCUT2D eigenvalue weighted by Crippen LogP contribution is 2.34. The fourth-order valence-electron chi connectivity index (χ4n) is 2.41. The Bertz CT molecular complexity index is 704. The molecule has 122 valence electrons. The van der Waals surface area contributed by atoms with Gasteiger partial charge in [-0.15, -0.1) is 0 Å². The molecule has 2 aromatic carbocycles. The predicted molar refractivity (Wildman–Crippen MR) is 86.8 cm³/mol. The van der Waals surface area contributed by atoms with Crippen LogP contribution in [-0.4, -0.2) is 25.3 Å². The molecule has 0 unspecified atom stereocenters. The highest BCUT2D eigenvalue weighted by molar-refractivity contribution is 5.93. The van der Waals surface area contributed by atoms with Crippen molar-refractivity contribution < 1.29 is 24.1 Å². The molecule has 0 aromatic heterocycles. The zero-order chi connectivity index (χ0) is 17.0. The molecule has 5 heteroatoms. The fraction of sp³-hybridized carbons (Fsp3) is 0.278. The van der Waals surface area contributed by atoms with E-state index in [9.17, 15) is 9.90 Å². The molecule has 1 N–H and O–H groups in total. The van der Waals surface area contributed by atoms with Crippen molar-refractivity contribution in [2.75, 3.05) is 14.2 Å². The van der Waals surface area contributed by atoms with Crippen molar-refractivity contribution in [3.63, 3.8) is 0 Å². The number of hydrogen-bond acceptors (Lipinski definition) is 4. The molecule has 0 bridgehead atoms. The molecular formula is C18H20O5. The predicted octanol–water partition coefficient (Wildman–Crippen LogP) is 3.60. The number of carboxylic acids is 1. The van der Waals surface area contributed by atoms with Gasteiger partial charge in [-0.05, 0) is 43.2 Å². The van der Waals surface area contributed by atoms with Crippen LogP contribution >= 0.6 is 0 Å². The number of aromatic carboxylic acids is 1. The van der Waals surface area contributed by atoms with E-state index in [1.54, 1.807) is 27.0 Å². The van der Waals surface area contributed by atoms with Gasteiger partial charge in [0.2, 0.25) is 0 Å². The van der Waals surface area contributed by atoms with E-state index in [2.05, 4.69) is 0 Å². The maximum atomic E-state index is 11.4. The van der Waals surface area contributed by atoms with E-state index in [0.29, 0.717) is 29.2 Å². The summed E-state index contributed by atoms with van der Waals surface area (Å²) in [4.78, 5) is 11.4. The van der Waals surface area contributed by atoms with Crippen molar-refractivity contribution in [3.8, 4) is 17.2 Å². The number of benzene rings is 2. The van der Waals surface area contributed by atoms with Gasteiger partial charge in [-0.25, -0.2) is 4.79 Å². The van der Waals surface area contributed by atoms with Crippen molar-refractivity contribution in [2.45, 2.75) is 20.5 Å². The van der Waals surface area contributed by atoms with Gasteiger partial charge in [0.1, 0.15) is 29.4 Å². The van der Waals surface area contributed by atoms with Crippen molar-refractivity contribution in [2.24, 2.45) is 0 Å². The average Bonchev–Trinajstić information content (AvgIpc) is 2.54. The fourth-order valence-corrected chi connectivity index (χ4v) is 2.41. The Hall–Kier alpha value is -2.69. The van der Waals surface area contributed by atoms with Gasteiger partial charge >= 0.3 is 5.97 Å². The number of ether oxygens (including phenoxy) is 3. The molecule has 5 nitrogen and oxygen atoms in total. The van der Waals surface area contributed by atoms with Crippen LogP contribution < -0.4 is 14.2 Å². The molecule has 0 aliphatic rings. The smallest absolute Gasteiger partial charge is 0.339 e. The van der Waals surface area contributed by atoms with Gasteiger partial charge in [0.25, 0.3) is 0 Å². The number of carboxylic acid groups (broad SMARTS) is 1. The molecular weight excluding hydrogens is 296 g/mol. The first kappa shape index (κ1) is 16.7. The Labute approximate surface area is 135 Å². The largest absolute Gasteiger partial charge is 0.497 e. The van der Waals surface area contributed by atoms with Crippen LogP contribution in [0.4, 0.5) is 0 Å².